The summed E-state index contributed by atoms with van der Waals surface area (Å²) in [5.74, 6) is -10.1. The smallest absolute Gasteiger partial charge is 0.409 e. The minimum atomic E-state index is -5.76. The molecule has 1 aliphatic carbocycles. The molecule has 5 atom stereocenters. The second-order valence-corrected chi connectivity index (χ2v) is 39.4. The zero-order valence-electron chi connectivity index (χ0n) is 78.6. The van der Waals surface area contributed by atoms with Gasteiger partial charge in [0.1, 0.15) is 86.3 Å². The van der Waals surface area contributed by atoms with Gasteiger partial charge in [0.2, 0.25) is 23.6 Å². The number of rotatable bonds is 22. The molecule has 5 unspecified atom stereocenters. The number of nitrogens with one attached hydrogen (secondary N) is 5. The largest absolute Gasteiger partial charge is 0.462 e. The lowest BCUT2D eigenvalue weighted by Gasteiger charge is -2.43. The summed E-state index contributed by atoms with van der Waals surface area (Å²) in [5.41, 5.74) is 4.68. The number of para-hydroxylation sites is 1. The van der Waals surface area contributed by atoms with E-state index in [-0.39, 0.29) is 105 Å². The van der Waals surface area contributed by atoms with Gasteiger partial charge < -0.3 is 54.6 Å². The number of anilines is 3. The highest BCUT2D eigenvalue weighted by Crippen LogP contribution is 2.49. The molecular weight excluding hydrogens is 2170 g/mol. The Morgan fingerprint density at radius 2 is 1.22 bits per heavy atom. The number of aliphatic hydroxyl groups is 3. The van der Waals surface area contributed by atoms with Crippen LogP contribution in [-0.4, -0.2) is 140 Å². The molecule has 0 fully saturated rings. The van der Waals surface area contributed by atoms with Crippen molar-refractivity contribution in [3.8, 4) is 64.3 Å². The van der Waals surface area contributed by atoms with Crippen LogP contribution in [0.15, 0.2) is 246 Å². The molecule has 29 nitrogen and oxygen atoms in total. The second-order valence-electron chi connectivity index (χ2n) is 33.3. The fourth-order valence-electron chi connectivity index (χ4n) is 15.5. The zero-order chi connectivity index (χ0) is 108. The van der Waals surface area contributed by atoms with Crippen molar-refractivity contribution in [3.05, 3.63) is 297 Å². The number of alkyl halides is 6. The van der Waals surface area contributed by atoms with Crippen molar-refractivity contribution < 1.29 is 108 Å². The SMILES string of the molecule is CC1=C(C#N)C(=O)N(CC(C)O)C(=O)/C1=C/c1ccc(-c2ccc(Br)cc2)o1.CC1=C(C#N)C(=O)NC(=O)/C1=C/c1ccc(-c2ccc(Cl)cc2Cl)o1.CC1CCc2c(sc(NC(=O)C(C(F)(F)F)C(F)(F)F)c2C#N)C1.CCOC(=O)c1cc(-c2ccc(/C=C3\C(=O)N(CCCO)C(=O)C(C#N)=C3C)o2)ccc1Cl.Cc1ccccc1NC(=O)C1C(c2cccs2)C(C#N)=C(SCC(=O)Nc2ccc(Br)cc2)NC1(C)O. The molecule has 0 bridgehead atoms. The molecule has 0 saturated heterocycles. The van der Waals surface area contributed by atoms with Crippen molar-refractivity contribution in [2.24, 2.45) is 17.8 Å². The average Bonchev–Trinajstić information content (AvgIpc) is 1.71. The van der Waals surface area contributed by atoms with Gasteiger partial charge in [0, 0.05) is 87.6 Å². The van der Waals surface area contributed by atoms with Gasteiger partial charge in [-0.25, -0.2) is 4.79 Å². The predicted molar refractivity (Wildman–Crippen MR) is 546 cm³/mol. The summed E-state index contributed by atoms with van der Waals surface area (Å²) < 4.78 is 99.8. The number of halogens is 11. The molecule has 4 aliphatic heterocycles. The van der Waals surface area contributed by atoms with Crippen molar-refractivity contribution in [1.82, 2.24) is 20.4 Å². The highest BCUT2D eigenvalue weighted by atomic mass is 79.9. The topological polar surface area (TPSA) is 466 Å². The molecular formula is C104H85Br2Cl3F6N12O17S3. The first kappa shape index (κ1) is 113. The fourth-order valence-corrected chi connectivity index (χ4v) is 19.9. The first-order valence-corrected chi connectivity index (χ1v) is 49.6. The molecule has 43 heteroatoms. The van der Waals surface area contributed by atoms with Crippen LogP contribution < -0.4 is 26.6 Å². The number of carbonyl (C=O) groups is 10. The lowest BCUT2D eigenvalue weighted by molar-refractivity contribution is -0.272. The maximum Gasteiger partial charge on any atom is 0.409 e. The van der Waals surface area contributed by atoms with Crippen molar-refractivity contribution in [2.45, 2.75) is 111 Å². The maximum absolute atomic E-state index is 13.6. The van der Waals surface area contributed by atoms with Crippen molar-refractivity contribution in [2.75, 3.05) is 48.0 Å². The Balaban J connectivity index is 0.000000176. The molecule has 9 amide bonds. The number of benzene rings is 5. The average molecular weight is 2250 g/mol. The van der Waals surface area contributed by atoms with Crippen LogP contribution in [0.3, 0.4) is 0 Å². The van der Waals surface area contributed by atoms with Gasteiger partial charge in [0.15, 0.2) is 0 Å². The lowest BCUT2D eigenvalue weighted by Crippen LogP contribution is -2.57. The third-order valence-electron chi connectivity index (χ3n) is 22.8. The molecule has 8 N–H and O–H groups in total. The summed E-state index contributed by atoms with van der Waals surface area (Å²) in [5, 5.41) is 93.0. The molecule has 15 rings (SSSR count). The van der Waals surface area contributed by atoms with Gasteiger partial charge in [0.05, 0.1) is 68.8 Å². The lowest BCUT2D eigenvalue weighted by atomic mass is 9.76. The van der Waals surface area contributed by atoms with Gasteiger partial charge in [-0.3, -0.25) is 58.3 Å². The summed E-state index contributed by atoms with van der Waals surface area (Å²) in [6.45, 7) is 13.0. The van der Waals surface area contributed by atoms with Crippen LogP contribution in [0.2, 0.25) is 15.1 Å². The summed E-state index contributed by atoms with van der Waals surface area (Å²) in [4.78, 5) is 127. The van der Waals surface area contributed by atoms with Gasteiger partial charge in [-0.05, 0) is 253 Å². The Labute approximate surface area is 881 Å². The van der Waals surface area contributed by atoms with Crippen LogP contribution in [0.5, 0.6) is 0 Å². The normalized spacial score (nSPS) is 17.7. The fraction of sp³-hybridized carbons (Fsp3) is 0.240. The standard InChI is InChI=1S/C27H25BrN4O3S2.C24H21ClN2O6.C21H17BrN2O4.C18H10Cl2N2O3.C14H12F6N2OS/c1-16-6-3-4-7-20(16)31-25(34)24-23(21-8-5-13-36-21)19(14-29)26(32-27(24,2)35)37-15-22(33)30-18-11-9-17(28)10-12-18;1-3-32-24(31)18-11-15(5-7-20(18)25)21-8-6-16(33-21)12-17-14(2)19(13-26)23(30)27(22(17)29)9-4-10-28;1-12(25)11-24-20(26)17(13(2)18(10-23)21(24)27)9-16-7-8-19(28-16)14-3-5-15(22)6-4-14;1-9-13(17(23)22-18(24)14(9)8-21)7-11-3-5-16(25-11)12-4-2-10(19)6-15(12)20;1-6-2-3-7-8(5-21)12(24-9(7)4-6)22-11(23)10(13(15,16)17)14(18,19)20/h3-13,23-24,32,35H,15H2,1-2H3,(H,30,33)(H,31,34);5-8,11-12,28H,3-4,9-10H2,1-2H3;3-9,12,25H,11H2,1-2H3;2-7H,1H3,(H,22,23,24);6,10H,2-4H2,1H3,(H,22,23)/b;17-12-;17-9+;13-7+;. The van der Waals surface area contributed by atoms with Gasteiger partial charge in [-0.1, -0.05) is 122 Å². The molecule has 5 aromatic heterocycles. The summed E-state index contributed by atoms with van der Waals surface area (Å²) >= 11 is 28.3. The summed E-state index contributed by atoms with van der Waals surface area (Å²) in [6.07, 6.45) is -5.94. The van der Waals surface area contributed by atoms with Crippen LogP contribution in [0.1, 0.15) is 121 Å². The summed E-state index contributed by atoms with van der Waals surface area (Å²) in [7, 11) is 0. The molecule has 0 saturated carbocycles. The number of hydrogen-bond donors (Lipinski definition) is 8. The number of allylic oxidation sites excluding steroid dienone is 1. The van der Waals surface area contributed by atoms with Crippen molar-refractivity contribution >= 4 is 195 Å². The second kappa shape index (κ2) is 49.7. The van der Waals surface area contributed by atoms with Crippen LogP contribution in [0, 0.1) is 81.3 Å². The number of β-amino-alcohol motifs (C(OH)–C–C–N with tert-alkyl or cyclic N) is 1. The van der Waals surface area contributed by atoms with E-state index in [2.05, 4.69) is 59.2 Å². The number of hydrogen-bond acceptors (Lipinski definition) is 26. The Bertz CT molecular complexity index is 7290. The number of thiophene rings is 2. The van der Waals surface area contributed by atoms with E-state index in [1.54, 1.807) is 129 Å². The van der Waals surface area contributed by atoms with Gasteiger partial charge in [-0.2, -0.15) is 52.7 Å². The number of amides is 9. The van der Waals surface area contributed by atoms with E-state index < -0.39 is 95.2 Å². The third-order valence-corrected chi connectivity index (χ3v) is 27.9. The first-order valence-electron chi connectivity index (χ1n) is 44.2. The number of carbonyl (C=O) groups excluding carboxylic acids is 10. The molecule has 0 spiro atoms. The number of thioether (sulfide) groups is 1. The minimum Gasteiger partial charge on any atom is -0.462 e. The number of imide groups is 3. The third kappa shape index (κ3) is 27.7. The van der Waals surface area contributed by atoms with Gasteiger partial charge in [0.25, 0.3) is 35.4 Å². The first-order chi connectivity index (χ1) is 69.7. The highest BCUT2D eigenvalue weighted by molar-refractivity contribution is 9.10. The quantitative estimate of drug-likeness (QED) is 0.0135. The monoisotopic (exact) mass is 2250 g/mol. The Kier molecular flexibility index (Phi) is 38.2. The highest BCUT2D eigenvalue weighted by Gasteiger charge is 2.61. The van der Waals surface area contributed by atoms with Crippen molar-refractivity contribution in [1.29, 1.82) is 26.3 Å². The number of esters is 1. The molecule has 758 valence electrons. The van der Waals surface area contributed by atoms with Crippen LogP contribution in [0.4, 0.5) is 42.7 Å². The number of nitriles is 5. The number of nitrogens with zero attached hydrogens (tertiary/aromatic N) is 7. The predicted octanol–water partition coefficient (Wildman–Crippen LogP) is 21.6. The van der Waals surface area contributed by atoms with Crippen LogP contribution >= 0.6 is 101 Å². The minimum absolute atomic E-state index is 0.00518. The number of aliphatic hydroxyl groups excluding tert-OH is 2. The maximum atomic E-state index is 13.6. The van der Waals surface area contributed by atoms with E-state index in [4.69, 9.17) is 68.4 Å². The number of ether oxygens (including phenoxy) is 1. The number of aryl methyl sites for hydroxylation is 1. The zero-order valence-corrected chi connectivity index (χ0v) is 86.5. The number of furan rings is 3. The van der Waals surface area contributed by atoms with E-state index in [0.29, 0.717) is 113 Å². The Hall–Kier alpha value is -14.3. The van der Waals surface area contributed by atoms with Gasteiger partial charge in [-0.15, -0.1) is 22.7 Å². The number of fused-ring (bicyclic) bond motifs is 1. The van der Waals surface area contributed by atoms with E-state index in [9.17, 15) is 100 Å². The van der Waals surface area contributed by atoms with Crippen LogP contribution in [0.25, 0.3) is 52.2 Å². The van der Waals surface area contributed by atoms with E-state index in [1.165, 1.54) is 50.3 Å². The van der Waals surface area contributed by atoms with Crippen molar-refractivity contribution in [3.63, 3.8) is 0 Å². The molecule has 10 aromatic rings. The van der Waals surface area contributed by atoms with Crippen LogP contribution in [-0.2, 0) is 60.7 Å². The molecule has 5 aromatic carbocycles. The molecule has 147 heavy (non-hydrogen) atoms. The van der Waals surface area contributed by atoms with E-state index in [1.807, 2.05) is 98.1 Å². The van der Waals surface area contributed by atoms with Gasteiger partial charge >= 0.3 is 18.3 Å². The molecule has 9 heterocycles. The van der Waals surface area contributed by atoms with E-state index >= 15 is 0 Å². The van der Waals surface area contributed by atoms with E-state index in [0.717, 1.165) is 69.1 Å². The molecule has 5 aliphatic rings. The Morgan fingerprint density at radius 3 is 1.77 bits per heavy atom. The Morgan fingerprint density at radius 1 is 0.660 bits per heavy atom. The molecule has 0 radical (unpaired) electrons. The summed E-state index contributed by atoms with van der Waals surface area (Å²) in [6, 6.07) is 55.4.